The Hall–Kier alpha value is -1.91. The molecule has 1 saturated heterocycles. The van der Waals surface area contributed by atoms with E-state index in [1.807, 2.05) is 20.8 Å². The highest BCUT2D eigenvalue weighted by Gasteiger charge is 2.45. The summed E-state index contributed by atoms with van der Waals surface area (Å²) >= 11 is 0. The van der Waals surface area contributed by atoms with Crippen LogP contribution in [0.4, 0.5) is 4.39 Å². The van der Waals surface area contributed by atoms with Gasteiger partial charge in [-0.3, -0.25) is 9.59 Å². The normalized spacial score (nSPS) is 20.7. The monoisotopic (exact) mass is 363 g/mol. The van der Waals surface area contributed by atoms with Gasteiger partial charge in [-0.1, -0.05) is 32.9 Å². The minimum Gasteiger partial charge on any atom is -0.466 e. The Morgan fingerprint density at radius 3 is 2.46 bits per heavy atom. The summed E-state index contributed by atoms with van der Waals surface area (Å²) < 4.78 is 18.6. The molecule has 1 atom stereocenters. The Morgan fingerprint density at radius 1 is 1.23 bits per heavy atom. The number of carbonyl (C=O) groups is 2. The number of likely N-dealkylation sites (tertiary alicyclic amines) is 1. The SMILES string of the molecule is CCOC(=O)[C@@]1(Cc2ccc(F)cc2)CCCN(C(=O)CC(C)(C)C)C1. The van der Waals surface area contributed by atoms with E-state index in [2.05, 4.69) is 0 Å². The van der Waals surface area contributed by atoms with Crippen LogP contribution in [0.2, 0.25) is 0 Å². The van der Waals surface area contributed by atoms with Crippen LogP contribution in [0.5, 0.6) is 0 Å². The zero-order valence-corrected chi connectivity index (χ0v) is 16.3. The average molecular weight is 363 g/mol. The largest absolute Gasteiger partial charge is 0.466 e. The number of benzene rings is 1. The molecule has 1 heterocycles. The van der Waals surface area contributed by atoms with Crippen LogP contribution in [0.3, 0.4) is 0 Å². The minimum atomic E-state index is -0.764. The molecule has 0 spiro atoms. The molecule has 1 fully saturated rings. The maximum absolute atomic E-state index is 13.2. The highest BCUT2D eigenvalue weighted by molar-refractivity contribution is 5.81. The summed E-state index contributed by atoms with van der Waals surface area (Å²) in [6.45, 7) is 9.22. The molecule has 0 aromatic heterocycles. The van der Waals surface area contributed by atoms with Gasteiger partial charge >= 0.3 is 5.97 Å². The van der Waals surface area contributed by atoms with Crippen LogP contribution in [0, 0.1) is 16.6 Å². The van der Waals surface area contributed by atoms with Crippen LogP contribution in [-0.2, 0) is 20.7 Å². The quantitative estimate of drug-likeness (QED) is 0.744. The number of halogens is 1. The average Bonchev–Trinajstić information content (AvgIpc) is 2.56. The molecule has 0 bridgehead atoms. The predicted octanol–water partition coefficient (Wildman–Crippen LogP) is 3.98. The van der Waals surface area contributed by atoms with Gasteiger partial charge in [-0.05, 0) is 49.3 Å². The van der Waals surface area contributed by atoms with E-state index in [-0.39, 0.29) is 23.1 Å². The van der Waals surface area contributed by atoms with Crippen molar-refractivity contribution < 1.29 is 18.7 Å². The lowest BCUT2D eigenvalue weighted by Crippen LogP contribution is -2.52. The third-order valence-corrected chi connectivity index (χ3v) is 4.78. The predicted molar refractivity (Wildman–Crippen MR) is 99.1 cm³/mol. The van der Waals surface area contributed by atoms with Crippen molar-refractivity contribution in [1.29, 1.82) is 0 Å². The zero-order chi connectivity index (χ0) is 19.4. The van der Waals surface area contributed by atoms with Crippen molar-refractivity contribution >= 4 is 11.9 Å². The maximum Gasteiger partial charge on any atom is 0.314 e. The molecule has 1 aromatic rings. The molecule has 26 heavy (non-hydrogen) atoms. The number of nitrogens with zero attached hydrogens (tertiary/aromatic N) is 1. The van der Waals surface area contributed by atoms with Crippen molar-refractivity contribution in [2.75, 3.05) is 19.7 Å². The molecule has 1 aliphatic rings. The van der Waals surface area contributed by atoms with Gasteiger partial charge in [0, 0.05) is 19.5 Å². The standard InChI is InChI=1S/C21H30FNO3/c1-5-26-19(25)21(13-16-7-9-17(22)10-8-16)11-6-12-23(15-21)18(24)14-20(2,3)4/h7-10H,5-6,11-15H2,1-4H3/t21-/m1/s1. The van der Waals surface area contributed by atoms with Gasteiger partial charge in [0.1, 0.15) is 5.82 Å². The van der Waals surface area contributed by atoms with E-state index in [9.17, 15) is 14.0 Å². The molecule has 4 nitrogen and oxygen atoms in total. The summed E-state index contributed by atoms with van der Waals surface area (Å²) in [5.41, 5.74) is 0.0159. The lowest BCUT2D eigenvalue weighted by atomic mass is 9.74. The smallest absolute Gasteiger partial charge is 0.314 e. The first-order valence-corrected chi connectivity index (χ1v) is 9.35. The van der Waals surface area contributed by atoms with Gasteiger partial charge in [0.05, 0.1) is 12.0 Å². The molecule has 1 aliphatic heterocycles. The molecule has 0 radical (unpaired) electrons. The van der Waals surface area contributed by atoms with Gasteiger partial charge in [0.2, 0.25) is 5.91 Å². The molecule has 5 heteroatoms. The molecule has 0 N–H and O–H groups in total. The van der Waals surface area contributed by atoms with Crippen molar-refractivity contribution in [3.8, 4) is 0 Å². The Balaban J connectivity index is 2.24. The minimum absolute atomic E-state index is 0.0741. The van der Waals surface area contributed by atoms with Crippen LogP contribution >= 0.6 is 0 Å². The molecule has 0 unspecified atom stereocenters. The second-order valence-electron chi connectivity index (χ2n) is 8.46. The summed E-state index contributed by atoms with van der Waals surface area (Å²) in [6.07, 6.45) is 2.33. The molecular formula is C21H30FNO3. The first kappa shape index (κ1) is 20.4. The van der Waals surface area contributed by atoms with E-state index < -0.39 is 5.41 Å². The van der Waals surface area contributed by atoms with Crippen LogP contribution in [0.1, 0.15) is 52.5 Å². The number of esters is 1. The fourth-order valence-corrected chi connectivity index (χ4v) is 3.57. The van der Waals surface area contributed by atoms with E-state index in [0.717, 1.165) is 12.0 Å². The molecule has 0 saturated carbocycles. The summed E-state index contributed by atoms with van der Waals surface area (Å²) in [4.78, 5) is 27.3. The second-order valence-corrected chi connectivity index (χ2v) is 8.46. The Labute approximate surface area is 155 Å². The number of piperidine rings is 1. The second kappa shape index (κ2) is 8.19. The lowest BCUT2D eigenvalue weighted by Gasteiger charge is -2.41. The number of ether oxygens (including phenoxy) is 1. The highest BCUT2D eigenvalue weighted by atomic mass is 19.1. The summed E-state index contributed by atoms with van der Waals surface area (Å²) in [5, 5.41) is 0. The van der Waals surface area contributed by atoms with Gasteiger partial charge in [-0.25, -0.2) is 4.39 Å². The Morgan fingerprint density at radius 2 is 1.88 bits per heavy atom. The third-order valence-electron chi connectivity index (χ3n) is 4.78. The third kappa shape index (κ3) is 5.29. The van der Waals surface area contributed by atoms with E-state index in [0.29, 0.717) is 39.0 Å². The molecule has 144 valence electrons. The fourth-order valence-electron chi connectivity index (χ4n) is 3.57. The maximum atomic E-state index is 13.2. The number of hydrogen-bond acceptors (Lipinski definition) is 3. The van der Waals surface area contributed by atoms with Gasteiger partial charge in [-0.15, -0.1) is 0 Å². The first-order valence-electron chi connectivity index (χ1n) is 9.35. The Kier molecular flexibility index (Phi) is 6.43. The summed E-state index contributed by atoms with van der Waals surface area (Å²) in [7, 11) is 0. The van der Waals surface area contributed by atoms with Gasteiger partial charge in [0.25, 0.3) is 0 Å². The van der Waals surface area contributed by atoms with E-state index in [1.54, 1.807) is 24.0 Å². The van der Waals surface area contributed by atoms with Crippen molar-refractivity contribution in [1.82, 2.24) is 4.90 Å². The Bertz CT molecular complexity index is 636. The molecular weight excluding hydrogens is 333 g/mol. The molecule has 1 amide bonds. The van der Waals surface area contributed by atoms with Crippen LogP contribution in [0.15, 0.2) is 24.3 Å². The molecule has 2 rings (SSSR count). The number of rotatable bonds is 5. The van der Waals surface area contributed by atoms with Crippen LogP contribution < -0.4 is 0 Å². The molecule has 1 aromatic carbocycles. The number of hydrogen-bond donors (Lipinski definition) is 0. The summed E-state index contributed by atoms with van der Waals surface area (Å²) in [5.74, 6) is -0.493. The van der Waals surface area contributed by atoms with Crippen LogP contribution in [0.25, 0.3) is 0 Å². The van der Waals surface area contributed by atoms with Crippen LogP contribution in [-0.4, -0.2) is 36.5 Å². The van der Waals surface area contributed by atoms with Gasteiger partial charge in [0.15, 0.2) is 0 Å². The highest BCUT2D eigenvalue weighted by Crippen LogP contribution is 2.36. The van der Waals surface area contributed by atoms with Crippen molar-refractivity contribution in [2.24, 2.45) is 10.8 Å². The molecule has 0 aliphatic carbocycles. The van der Waals surface area contributed by atoms with Gasteiger partial charge < -0.3 is 9.64 Å². The topological polar surface area (TPSA) is 46.6 Å². The van der Waals surface area contributed by atoms with Crippen molar-refractivity contribution in [3.63, 3.8) is 0 Å². The van der Waals surface area contributed by atoms with E-state index in [4.69, 9.17) is 4.74 Å². The van der Waals surface area contributed by atoms with Gasteiger partial charge in [-0.2, -0.15) is 0 Å². The van der Waals surface area contributed by atoms with Crippen molar-refractivity contribution in [2.45, 2.75) is 53.4 Å². The first-order chi connectivity index (χ1) is 12.1. The van der Waals surface area contributed by atoms with E-state index in [1.165, 1.54) is 12.1 Å². The fraction of sp³-hybridized carbons (Fsp3) is 0.619. The number of amides is 1. The summed E-state index contributed by atoms with van der Waals surface area (Å²) in [6, 6.07) is 6.21. The lowest BCUT2D eigenvalue weighted by molar-refractivity contribution is -0.161. The zero-order valence-electron chi connectivity index (χ0n) is 16.3. The van der Waals surface area contributed by atoms with E-state index >= 15 is 0 Å². The van der Waals surface area contributed by atoms with Crippen molar-refractivity contribution in [3.05, 3.63) is 35.6 Å². The number of carbonyl (C=O) groups excluding carboxylic acids is 2.